The van der Waals surface area contributed by atoms with Crippen molar-refractivity contribution in [1.29, 1.82) is 0 Å². The van der Waals surface area contributed by atoms with E-state index in [0.717, 1.165) is 21.5 Å². The molecule has 10 nitrogen and oxygen atoms in total. The van der Waals surface area contributed by atoms with E-state index in [4.69, 9.17) is 18.9 Å². The largest absolute Gasteiger partial charge is 0.504 e. The molecule has 1 aliphatic heterocycles. The summed E-state index contributed by atoms with van der Waals surface area (Å²) in [4.78, 5) is 24.8. The average molecular weight is 601 g/mol. The van der Waals surface area contributed by atoms with E-state index in [1.807, 2.05) is 48.5 Å². The van der Waals surface area contributed by atoms with Crippen molar-refractivity contribution in [3.63, 3.8) is 0 Å². The normalized spacial score (nSPS) is 16.6. The number of allylic oxidation sites excluding steroid dienone is 1. The molecule has 10 heteroatoms. The number of carbonyl (C=O) groups is 2. The van der Waals surface area contributed by atoms with Gasteiger partial charge in [0, 0.05) is 24.2 Å². The zero-order valence-electron chi connectivity index (χ0n) is 24.4. The molecule has 0 aliphatic carbocycles. The summed E-state index contributed by atoms with van der Waals surface area (Å²) < 4.78 is 22.5. The molecule has 4 N–H and O–H groups in total. The second-order valence-electron chi connectivity index (χ2n) is 10.5. The first-order valence-electron chi connectivity index (χ1n) is 14.5. The second-order valence-corrected chi connectivity index (χ2v) is 10.5. The highest BCUT2D eigenvalue weighted by Crippen LogP contribution is 2.41. The quantitative estimate of drug-likeness (QED) is 0.224. The number of nitrogens with one attached hydrogen (secondary N) is 2. The van der Waals surface area contributed by atoms with E-state index >= 15 is 0 Å². The Morgan fingerprint density at radius 1 is 0.636 bits per heavy atom. The van der Waals surface area contributed by atoms with Crippen molar-refractivity contribution in [2.75, 3.05) is 52.7 Å². The van der Waals surface area contributed by atoms with E-state index in [0.29, 0.717) is 43.1 Å². The van der Waals surface area contributed by atoms with Gasteiger partial charge < -0.3 is 39.8 Å². The predicted octanol–water partition coefficient (Wildman–Crippen LogP) is 3.78. The van der Waals surface area contributed by atoms with E-state index in [2.05, 4.69) is 17.2 Å². The van der Waals surface area contributed by atoms with Crippen LogP contribution in [0.15, 0.2) is 72.8 Å². The van der Waals surface area contributed by atoms with Gasteiger partial charge in [-0.25, -0.2) is 0 Å². The minimum absolute atomic E-state index is 0.0799. The Hall–Kier alpha value is -4.80. The molecule has 0 atom stereocenters. The molecule has 1 heterocycles. The summed E-state index contributed by atoms with van der Waals surface area (Å²) in [6, 6.07) is 18.6. The number of carbonyl (C=O) groups excluding carboxylic acids is 2. The molecule has 1 aliphatic rings. The molecular formula is C34H36N2O8. The Bertz CT molecular complexity index is 1550. The molecule has 230 valence electrons. The Labute approximate surface area is 255 Å². The van der Waals surface area contributed by atoms with Crippen molar-refractivity contribution in [3.8, 4) is 23.0 Å². The molecule has 0 saturated carbocycles. The summed E-state index contributed by atoms with van der Waals surface area (Å²) in [5, 5.41) is 31.4. The van der Waals surface area contributed by atoms with Crippen molar-refractivity contribution in [2.24, 2.45) is 0 Å². The zero-order valence-corrected chi connectivity index (χ0v) is 24.4. The standard InChI is InChI=1S/C34H36N2O8/c1-22-16-27-25-8-4-2-6-23(25)18-29(33(27)39)43-20-31(37)35-10-12-41-14-15-42-13-11-36-32(38)21-44-30-19-24-7-3-5-9-26(24)28(17-22)34(30)40/h2-9,18-19,39-40H,1,10-17,20-21H2,(H,35,37)(H,36,38). The lowest BCUT2D eigenvalue weighted by molar-refractivity contribution is -0.124. The lowest BCUT2D eigenvalue weighted by Gasteiger charge is -2.18. The van der Waals surface area contributed by atoms with Crippen LogP contribution in [-0.2, 0) is 31.9 Å². The van der Waals surface area contributed by atoms with Gasteiger partial charge in [-0.2, -0.15) is 0 Å². The van der Waals surface area contributed by atoms with Crippen molar-refractivity contribution in [2.45, 2.75) is 12.8 Å². The van der Waals surface area contributed by atoms with Crippen LogP contribution < -0.4 is 20.1 Å². The number of hydrogen-bond acceptors (Lipinski definition) is 8. The van der Waals surface area contributed by atoms with Gasteiger partial charge in [-0.15, -0.1) is 0 Å². The molecule has 5 rings (SSSR count). The predicted molar refractivity (Wildman–Crippen MR) is 166 cm³/mol. The SMILES string of the molecule is C=C1Cc2c(O)c(cc3ccccc23)OCC(=O)NCCOCCOCCNC(=O)COc2cc3ccccc3c(c2O)C1. The third kappa shape index (κ3) is 7.58. The molecule has 0 fully saturated rings. The number of rotatable bonds is 0. The lowest BCUT2D eigenvalue weighted by atomic mass is 9.92. The van der Waals surface area contributed by atoms with Crippen LogP contribution in [0.4, 0.5) is 0 Å². The Morgan fingerprint density at radius 2 is 1.07 bits per heavy atom. The number of ether oxygens (including phenoxy) is 4. The molecule has 0 aromatic heterocycles. The van der Waals surface area contributed by atoms with Crippen LogP contribution in [0.25, 0.3) is 21.5 Å². The molecule has 0 unspecified atom stereocenters. The second kappa shape index (κ2) is 14.6. The zero-order chi connectivity index (χ0) is 30.9. The monoisotopic (exact) mass is 600 g/mol. The molecule has 0 saturated heterocycles. The molecule has 2 amide bonds. The topological polar surface area (TPSA) is 136 Å². The summed E-state index contributed by atoms with van der Waals surface area (Å²) in [7, 11) is 0. The maximum atomic E-state index is 12.4. The fraction of sp³-hybridized carbons (Fsp3) is 0.294. The maximum Gasteiger partial charge on any atom is 0.258 e. The fourth-order valence-corrected chi connectivity index (χ4v) is 5.14. The van der Waals surface area contributed by atoms with E-state index < -0.39 is 0 Å². The molecule has 0 radical (unpaired) electrons. The van der Waals surface area contributed by atoms with Crippen LogP contribution in [0, 0.1) is 0 Å². The third-order valence-electron chi connectivity index (χ3n) is 7.26. The number of fused-ring (bicyclic) bond motifs is 8. The third-order valence-corrected chi connectivity index (χ3v) is 7.26. The first-order valence-corrected chi connectivity index (χ1v) is 14.5. The van der Waals surface area contributed by atoms with Crippen molar-refractivity contribution >= 4 is 33.4 Å². The first kappa shape index (κ1) is 30.7. The highest BCUT2D eigenvalue weighted by Gasteiger charge is 2.19. The summed E-state index contributed by atoms with van der Waals surface area (Å²) in [5.74, 6) is -0.499. The maximum absolute atomic E-state index is 12.4. The van der Waals surface area contributed by atoms with Gasteiger partial charge in [0.1, 0.15) is 0 Å². The van der Waals surface area contributed by atoms with Crippen LogP contribution in [0.2, 0.25) is 0 Å². The van der Waals surface area contributed by atoms with Crippen molar-refractivity contribution in [1.82, 2.24) is 10.6 Å². The number of amides is 2. The molecule has 0 spiro atoms. The van der Waals surface area contributed by atoms with Gasteiger partial charge in [0.25, 0.3) is 11.8 Å². The van der Waals surface area contributed by atoms with Gasteiger partial charge in [-0.3, -0.25) is 9.59 Å². The van der Waals surface area contributed by atoms with Crippen LogP contribution in [0.3, 0.4) is 0 Å². The van der Waals surface area contributed by atoms with Crippen LogP contribution >= 0.6 is 0 Å². The number of aromatic hydroxyl groups is 2. The Balaban J connectivity index is 1.45. The minimum Gasteiger partial charge on any atom is -0.504 e. The Morgan fingerprint density at radius 3 is 1.52 bits per heavy atom. The molecule has 4 bridgehead atoms. The minimum atomic E-state index is -0.353. The summed E-state index contributed by atoms with van der Waals surface area (Å²) >= 11 is 0. The number of phenolic OH excluding ortho intramolecular Hbond substituents is 2. The van der Waals surface area contributed by atoms with Crippen molar-refractivity contribution < 1.29 is 38.7 Å². The van der Waals surface area contributed by atoms with E-state index in [-0.39, 0.29) is 74.0 Å². The molecule has 4 aromatic rings. The smallest absolute Gasteiger partial charge is 0.258 e. The van der Waals surface area contributed by atoms with Gasteiger partial charge >= 0.3 is 0 Å². The molecule has 44 heavy (non-hydrogen) atoms. The van der Waals surface area contributed by atoms with Gasteiger partial charge in [0.15, 0.2) is 36.2 Å². The number of benzene rings is 4. The molecule has 4 aromatic carbocycles. The summed E-state index contributed by atoms with van der Waals surface area (Å²) in [5.41, 5.74) is 1.90. The fourth-order valence-electron chi connectivity index (χ4n) is 5.14. The van der Waals surface area contributed by atoms with E-state index in [9.17, 15) is 19.8 Å². The number of phenols is 2. The van der Waals surface area contributed by atoms with Gasteiger partial charge in [0.05, 0.1) is 26.4 Å². The van der Waals surface area contributed by atoms with Gasteiger partial charge in [-0.1, -0.05) is 60.7 Å². The highest BCUT2D eigenvalue weighted by atomic mass is 16.5. The van der Waals surface area contributed by atoms with E-state index in [1.165, 1.54) is 0 Å². The number of hydrogen-bond donors (Lipinski definition) is 4. The average Bonchev–Trinajstić information content (AvgIpc) is 3.02. The van der Waals surface area contributed by atoms with Gasteiger partial charge in [0.2, 0.25) is 0 Å². The first-order chi connectivity index (χ1) is 21.4. The van der Waals surface area contributed by atoms with Gasteiger partial charge in [-0.05, 0) is 46.5 Å². The van der Waals surface area contributed by atoms with Crippen LogP contribution in [-0.4, -0.2) is 74.8 Å². The van der Waals surface area contributed by atoms with Crippen molar-refractivity contribution in [3.05, 3.63) is 83.9 Å². The lowest BCUT2D eigenvalue weighted by Crippen LogP contribution is -2.32. The summed E-state index contributed by atoms with van der Waals surface area (Å²) in [6.07, 6.45) is 0.548. The Kier molecular flexibility index (Phi) is 10.2. The highest BCUT2D eigenvalue weighted by molar-refractivity contribution is 5.92. The van der Waals surface area contributed by atoms with Crippen LogP contribution in [0.5, 0.6) is 23.0 Å². The molecular weight excluding hydrogens is 564 g/mol. The van der Waals surface area contributed by atoms with Crippen LogP contribution in [0.1, 0.15) is 11.1 Å². The van der Waals surface area contributed by atoms with E-state index in [1.54, 1.807) is 12.1 Å². The summed E-state index contributed by atoms with van der Waals surface area (Å²) in [6.45, 7) is 5.52.